The Kier molecular flexibility index (Phi) is 5.54. The van der Waals surface area contributed by atoms with Crippen LogP contribution in [0.25, 0.3) is 0 Å². The van der Waals surface area contributed by atoms with E-state index in [9.17, 15) is 0 Å². The van der Waals surface area contributed by atoms with Crippen LogP contribution in [0.15, 0.2) is 48.5 Å². The van der Waals surface area contributed by atoms with E-state index in [-0.39, 0.29) is 0 Å². The fourth-order valence-corrected chi connectivity index (χ4v) is 3.21. The largest absolute Gasteiger partial charge is 0.493 e. The molecule has 1 N–H and O–H groups in total. The lowest BCUT2D eigenvalue weighted by Crippen LogP contribution is -2.30. The van der Waals surface area contributed by atoms with Crippen molar-refractivity contribution in [2.45, 2.75) is 25.9 Å². The molecular formula is C20H25NO2. The van der Waals surface area contributed by atoms with E-state index in [4.69, 9.17) is 9.47 Å². The molecule has 3 nitrogen and oxygen atoms in total. The van der Waals surface area contributed by atoms with Crippen LogP contribution in [0.5, 0.6) is 11.5 Å². The summed E-state index contributed by atoms with van der Waals surface area (Å²) in [4.78, 5) is 0. The van der Waals surface area contributed by atoms with E-state index < -0.39 is 0 Å². The molecule has 0 amide bonds. The summed E-state index contributed by atoms with van der Waals surface area (Å²) in [7, 11) is 1.73. The Labute approximate surface area is 138 Å². The molecule has 1 saturated heterocycles. The van der Waals surface area contributed by atoms with E-state index in [1.807, 2.05) is 24.3 Å². The highest BCUT2D eigenvalue weighted by Gasteiger charge is 2.17. The van der Waals surface area contributed by atoms with Crippen LogP contribution in [-0.4, -0.2) is 20.2 Å². The predicted molar refractivity (Wildman–Crippen MR) is 93.1 cm³/mol. The fourth-order valence-electron chi connectivity index (χ4n) is 3.21. The van der Waals surface area contributed by atoms with E-state index in [1.165, 1.54) is 18.4 Å². The number of para-hydroxylation sites is 1. The van der Waals surface area contributed by atoms with E-state index in [1.54, 1.807) is 7.11 Å². The molecule has 0 aromatic heterocycles. The Balaban J connectivity index is 1.71. The van der Waals surface area contributed by atoms with Gasteiger partial charge in [-0.3, -0.25) is 0 Å². The number of piperidine rings is 1. The summed E-state index contributed by atoms with van der Waals surface area (Å²) < 4.78 is 11.7. The average Bonchev–Trinajstić information content (AvgIpc) is 2.62. The Morgan fingerprint density at radius 3 is 2.70 bits per heavy atom. The van der Waals surface area contributed by atoms with Gasteiger partial charge in [0.05, 0.1) is 7.11 Å². The molecule has 3 heteroatoms. The Morgan fingerprint density at radius 2 is 1.96 bits per heavy atom. The van der Waals surface area contributed by atoms with E-state index in [0.717, 1.165) is 36.6 Å². The minimum absolute atomic E-state index is 0.561. The van der Waals surface area contributed by atoms with Gasteiger partial charge in [-0.2, -0.15) is 0 Å². The van der Waals surface area contributed by atoms with Crippen LogP contribution in [-0.2, 0) is 13.0 Å². The van der Waals surface area contributed by atoms with Crippen LogP contribution >= 0.6 is 0 Å². The summed E-state index contributed by atoms with van der Waals surface area (Å²) >= 11 is 0. The highest BCUT2D eigenvalue weighted by molar-refractivity contribution is 5.47. The molecule has 3 rings (SSSR count). The molecule has 0 spiro atoms. The first kappa shape index (κ1) is 15.9. The highest BCUT2D eigenvalue weighted by Crippen LogP contribution is 2.34. The Hall–Kier alpha value is -2.00. The molecule has 0 bridgehead atoms. The number of ether oxygens (including phenoxy) is 2. The minimum Gasteiger partial charge on any atom is -0.493 e. The smallest absolute Gasteiger partial charge is 0.163 e. The van der Waals surface area contributed by atoms with Crippen LogP contribution < -0.4 is 14.8 Å². The monoisotopic (exact) mass is 311 g/mol. The second-order valence-corrected chi connectivity index (χ2v) is 6.14. The molecule has 0 aliphatic carbocycles. The van der Waals surface area contributed by atoms with Gasteiger partial charge in [0.2, 0.25) is 0 Å². The summed E-state index contributed by atoms with van der Waals surface area (Å²) in [6.45, 7) is 2.80. The van der Waals surface area contributed by atoms with Crippen molar-refractivity contribution in [3.63, 3.8) is 0 Å². The normalized spacial score (nSPS) is 17.7. The first-order chi connectivity index (χ1) is 11.4. The maximum atomic E-state index is 6.00. The zero-order valence-corrected chi connectivity index (χ0v) is 13.8. The minimum atomic E-state index is 0.561. The van der Waals surface area contributed by atoms with Crippen LogP contribution in [0.4, 0.5) is 0 Å². The lowest BCUT2D eigenvalue weighted by Gasteiger charge is -2.24. The van der Waals surface area contributed by atoms with Gasteiger partial charge in [-0.1, -0.05) is 42.5 Å². The predicted octanol–water partition coefficient (Wildman–Crippen LogP) is 3.82. The number of rotatable bonds is 6. The maximum absolute atomic E-state index is 6.00. The summed E-state index contributed by atoms with van der Waals surface area (Å²) in [5, 5.41) is 3.48. The summed E-state index contributed by atoms with van der Waals surface area (Å²) in [5.74, 6) is 2.40. The lowest BCUT2D eigenvalue weighted by atomic mass is 9.92. The molecule has 1 fully saturated rings. The first-order valence-corrected chi connectivity index (χ1v) is 8.40. The third-order valence-electron chi connectivity index (χ3n) is 4.41. The molecule has 2 aromatic rings. The SMILES string of the molecule is COc1c(CC2CCCNC2)cccc1OCc1ccccc1. The van der Waals surface area contributed by atoms with Gasteiger partial charge in [0.1, 0.15) is 6.61 Å². The zero-order chi connectivity index (χ0) is 15.9. The van der Waals surface area contributed by atoms with Crippen molar-refractivity contribution >= 4 is 0 Å². The molecule has 1 aliphatic rings. The number of hydrogen-bond donors (Lipinski definition) is 1. The second-order valence-electron chi connectivity index (χ2n) is 6.14. The summed E-state index contributed by atoms with van der Waals surface area (Å²) in [6.07, 6.45) is 3.58. The van der Waals surface area contributed by atoms with Gasteiger partial charge >= 0.3 is 0 Å². The van der Waals surface area contributed by atoms with E-state index >= 15 is 0 Å². The molecule has 2 aromatic carbocycles. The molecule has 0 saturated carbocycles. The Bertz CT molecular complexity index is 606. The Morgan fingerprint density at radius 1 is 1.09 bits per heavy atom. The van der Waals surface area contributed by atoms with Gasteiger partial charge in [0.15, 0.2) is 11.5 Å². The standard InChI is InChI=1S/C20H25NO2/c1-22-20-18(13-17-9-6-12-21-14-17)10-5-11-19(20)23-15-16-7-3-2-4-8-16/h2-5,7-8,10-11,17,21H,6,9,12-15H2,1H3. The van der Waals surface area contributed by atoms with E-state index in [2.05, 4.69) is 29.6 Å². The van der Waals surface area contributed by atoms with Crippen molar-refractivity contribution in [2.24, 2.45) is 5.92 Å². The molecule has 1 unspecified atom stereocenters. The highest BCUT2D eigenvalue weighted by atomic mass is 16.5. The molecular weight excluding hydrogens is 286 g/mol. The molecule has 1 aliphatic heterocycles. The number of methoxy groups -OCH3 is 1. The van der Waals surface area contributed by atoms with Gasteiger partial charge in [0.25, 0.3) is 0 Å². The second kappa shape index (κ2) is 8.02. The molecule has 0 radical (unpaired) electrons. The quantitative estimate of drug-likeness (QED) is 0.880. The maximum Gasteiger partial charge on any atom is 0.163 e. The number of nitrogens with one attached hydrogen (secondary N) is 1. The van der Waals surface area contributed by atoms with Gasteiger partial charge in [-0.15, -0.1) is 0 Å². The van der Waals surface area contributed by atoms with Crippen LogP contribution in [0.1, 0.15) is 24.0 Å². The van der Waals surface area contributed by atoms with Crippen molar-refractivity contribution in [3.8, 4) is 11.5 Å². The number of benzene rings is 2. The van der Waals surface area contributed by atoms with Gasteiger partial charge in [0, 0.05) is 0 Å². The van der Waals surface area contributed by atoms with Gasteiger partial charge in [-0.25, -0.2) is 0 Å². The topological polar surface area (TPSA) is 30.5 Å². The summed E-state index contributed by atoms with van der Waals surface area (Å²) in [5.41, 5.74) is 2.41. The van der Waals surface area contributed by atoms with Crippen LogP contribution in [0, 0.1) is 5.92 Å². The fraction of sp³-hybridized carbons (Fsp3) is 0.400. The molecule has 1 heterocycles. The lowest BCUT2D eigenvalue weighted by molar-refractivity contribution is 0.281. The zero-order valence-electron chi connectivity index (χ0n) is 13.8. The van der Waals surface area contributed by atoms with E-state index in [0.29, 0.717) is 12.5 Å². The van der Waals surface area contributed by atoms with Crippen LogP contribution in [0.2, 0.25) is 0 Å². The molecule has 122 valence electrons. The van der Waals surface area contributed by atoms with Gasteiger partial charge in [-0.05, 0) is 55.5 Å². The van der Waals surface area contributed by atoms with Crippen molar-refractivity contribution in [1.82, 2.24) is 5.32 Å². The molecule has 23 heavy (non-hydrogen) atoms. The third kappa shape index (κ3) is 4.26. The van der Waals surface area contributed by atoms with Gasteiger partial charge < -0.3 is 14.8 Å². The van der Waals surface area contributed by atoms with Crippen molar-refractivity contribution in [1.29, 1.82) is 0 Å². The molecule has 1 atom stereocenters. The van der Waals surface area contributed by atoms with Crippen molar-refractivity contribution in [3.05, 3.63) is 59.7 Å². The summed E-state index contributed by atoms with van der Waals surface area (Å²) in [6, 6.07) is 16.4. The van der Waals surface area contributed by atoms with Crippen molar-refractivity contribution in [2.75, 3.05) is 20.2 Å². The van der Waals surface area contributed by atoms with Crippen LogP contribution in [0.3, 0.4) is 0 Å². The first-order valence-electron chi connectivity index (χ1n) is 8.40. The average molecular weight is 311 g/mol. The third-order valence-corrected chi connectivity index (χ3v) is 4.41. The number of hydrogen-bond acceptors (Lipinski definition) is 3. The van der Waals surface area contributed by atoms with Crippen molar-refractivity contribution < 1.29 is 9.47 Å².